The van der Waals surface area contributed by atoms with Gasteiger partial charge in [-0.3, -0.25) is 4.72 Å². The highest BCUT2D eigenvalue weighted by atomic mass is 32.2. The van der Waals surface area contributed by atoms with E-state index in [-0.39, 0.29) is 5.75 Å². The van der Waals surface area contributed by atoms with Crippen molar-refractivity contribution in [2.45, 2.75) is 12.8 Å². The monoisotopic (exact) mass is 227 g/mol. The van der Waals surface area contributed by atoms with Gasteiger partial charge in [0.1, 0.15) is 5.82 Å². The molecule has 1 aliphatic carbocycles. The molecule has 0 bridgehead atoms. The zero-order valence-electron chi connectivity index (χ0n) is 8.18. The molecule has 15 heavy (non-hydrogen) atoms. The summed E-state index contributed by atoms with van der Waals surface area (Å²) < 4.78 is 25.5. The average molecular weight is 227 g/mol. The number of anilines is 2. The van der Waals surface area contributed by atoms with Crippen molar-refractivity contribution in [3.05, 3.63) is 18.3 Å². The minimum absolute atomic E-state index is 0.194. The number of sulfonamides is 1. The molecule has 1 saturated carbocycles. The number of nitrogens with two attached hydrogens (primary N) is 1. The molecule has 0 aromatic carbocycles. The molecular weight excluding hydrogens is 214 g/mol. The maximum atomic E-state index is 11.6. The molecule has 0 spiro atoms. The lowest BCUT2D eigenvalue weighted by Gasteiger charge is -2.06. The largest absolute Gasteiger partial charge is 0.397 e. The molecule has 0 atom stereocenters. The number of nitrogens with one attached hydrogen (secondary N) is 1. The highest BCUT2D eigenvalue weighted by Gasteiger charge is 2.28. The van der Waals surface area contributed by atoms with Crippen molar-refractivity contribution in [1.29, 1.82) is 0 Å². The summed E-state index contributed by atoms with van der Waals surface area (Å²) in [7, 11) is -3.24. The van der Waals surface area contributed by atoms with Gasteiger partial charge in [-0.2, -0.15) is 0 Å². The van der Waals surface area contributed by atoms with Crippen LogP contribution < -0.4 is 10.5 Å². The summed E-state index contributed by atoms with van der Waals surface area (Å²) in [4.78, 5) is 3.88. The van der Waals surface area contributed by atoms with E-state index in [1.54, 1.807) is 12.1 Å². The predicted octanol–water partition coefficient (Wildman–Crippen LogP) is 0.816. The van der Waals surface area contributed by atoms with Crippen molar-refractivity contribution >= 4 is 21.5 Å². The number of nitrogen functional groups attached to an aromatic ring is 1. The fourth-order valence-electron chi connectivity index (χ4n) is 1.26. The van der Waals surface area contributed by atoms with Gasteiger partial charge in [0, 0.05) is 0 Å². The number of nitrogens with zero attached hydrogens (tertiary/aromatic N) is 1. The van der Waals surface area contributed by atoms with Crippen molar-refractivity contribution < 1.29 is 8.42 Å². The highest BCUT2D eigenvalue weighted by molar-refractivity contribution is 7.92. The van der Waals surface area contributed by atoms with Gasteiger partial charge >= 0.3 is 0 Å². The quantitative estimate of drug-likeness (QED) is 0.797. The van der Waals surface area contributed by atoms with Crippen LogP contribution in [0.3, 0.4) is 0 Å². The first-order valence-electron chi connectivity index (χ1n) is 4.77. The van der Waals surface area contributed by atoms with E-state index in [4.69, 9.17) is 5.73 Å². The van der Waals surface area contributed by atoms with Gasteiger partial charge in [-0.25, -0.2) is 13.4 Å². The van der Waals surface area contributed by atoms with Crippen LogP contribution in [0.15, 0.2) is 18.3 Å². The van der Waals surface area contributed by atoms with Crippen LogP contribution >= 0.6 is 0 Å². The normalized spacial score (nSPS) is 16.3. The Morgan fingerprint density at radius 3 is 2.73 bits per heavy atom. The molecule has 0 amide bonds. The maximum Gasteiger partial charge on any atom is 0.234 e. The van der Waals surface area contributed by atoms with Gasteiger partial charge in [-0.15, -0.1) is 0 Å². The molecule has 0 unspecified atom stereocenters. The summed E-state index contributed by atoms with van der Waals surface area (Å²) >= 11 is 0. The molecule has 5 nitrogen and oxygen atoms in total. The highest BCUT2D eigenvalue weighted by Crippen LogP contribution is 2.30. The Labute approximate surface area is 88.8 Å². The first-order chi connectivity index (χ1) is 7.05. The Morgan fingerprint density at radius 2 is 2.20 bits per heavy atom. The van der Waals surface area contributed by atoms with Crippen molar-refractivity contribution in [3.8, 4) is 0 Å². The van der Waals surface area contributed by atoms with Crippen LogP contribution in [0, 0.1) is 5.92 Å². The van der Waals surface area contributed by atoms with E-state index in [1.165, 1.54) is 6.20 Å². The van der Waals surface area contributed by atoms with Crippen molar-refractivity contribution in [2.75, 3.05) is 16.2 Å². The topological polar surface area (TPSA) is 85.1 Å². The third-order valence-corrected chi connectivity index (χ3v) is 3.63. The Bertz CT molecular complexity index is 437. The van der Waals surface area contributed by atoms with E-state index in [1.807, 2.05) is 0 Å². The summed E-state index contributed by atoms with van der Waals surface area (Å²) in [5.41, 5.74) is 5.96. The third-order valence-electron chi connectivity index (χ3n) is 2.20. The van der Waals surface area contributed by atoms with Crippen LogP contribution in [0.25, 0.3) is 0 Å². The van der Waals surface area contributed by atoms with E-state index in [0.29, 0.717) is 17.4 Å². The first kappa shape index (κ1) is 10.2. The van der Waals surface area contributed by atoms with E-state index in [2.05, 4.69) is 9.71 Å². The summed E-state index contributed by atoms with van der Waals surface area (Å²) in [6.45, 7) is 0. The molecule has 0 radical (unpaired) electrons. The molecular formula is C9H13N3O2S. The van der Waals surface area contributed by atoms with E-state index >= 15 is 0 Å². The second-order valence-electron chi connectivity index (χ2n) is 3.80. The van der Waals surface area contributed by atoms with Crippen LogP contribution in [0.5, 0.6) is 0 Å². The SMILES string of the molecule is Nc1ccc(NS(=O)(=O)CC2CC2)nc1. The van der Waals surface area contributed by atoms with Gasteiger partial charge in [0.15, 0.2) is 0 Å². The first-order valence-corrected chi connectivity index (χ1v) is 6.42. The number of rotatable bonds is 4. The summed E-state index contributed by atoms with van der Waals surface area (Å²) in [5.74, 6) is 0.847. The van der Waals surface area contributed by atoms with Gasteiger partial charge < -0.3 is 5.73 Å². The van der Waals surface area contributed by atoms with Crippen LogP contribution in [-0.4, -0.2) is 19.2 Å². The molecule has 1 aromatic heterocycles. The Morgan fingerprint density at radius 1 is 1.47 bits per heavy atom. The third kappa shape index (κ3) is 3.09. The van der Waals surface area contributed by atoms with E-state index in [0.717, 1.165) is 12.8 Å². The molecule has 0 saturated heterocycles. The number of aromatic nitrogens is 1. The van der Waals surface area contributed by atoms with Crippen LogP contribution in [0.4, 0.5) is 11.5 Å². The van der Waals surface area contributed by atoms with Gasteiger partial charge in [-0.1, -0.05) is 0 Å². The summed E-state index contributed by atoms with van der Waals surface area (Å²) in [5, 5.41) is 0. The van der Waals surface area contributed by atoms with Crippen molar-refractivity contribution in [1.82, 2.24) is 4.98 Å². The molecule has 6 heteroatoms. The zero-order valence-corrected chi connectivity index (χ0v) is 9.00. The molecule has 1 heterocycles. The Balaban J connectivity index is 2.03. The lowest BCUT2D eigenvalue weighted by molar-refractivity contribution is 0.597. The summed E-state index contributed by atoms with van der Waals surface area (Å²) in [6.07, 6.45) is 3.45. The Kier molecular flexibility index (Phi) is 2.52. The van der Waals surface area contributed by atoms with Gasteiger partial charge in [0.05, 0.1) is 17.6 Å². The van der Waals surface area contributed by atoms with E-state index < -0.39 is 10.0 Å². The predicted molar refractivity (Wildman–Crippen MR) is 58.8 cm³/mol. The maximum absolute atomic E-state index is 11.6. The summed E-state index contributed by atoms with van der Waals surface area (Å²) in [6, 6.07) is 3.17. The fourth-order valence-corrected chi connectivity index (χ4v) is 2.74. The zero-order chi connectivity index (χ0) is 10.9. The second kappa shape index (κ2) is 3.69. The van der Waals surface area contributed by atoms with Crippen molar-refractivity contribution in [3.63, 3.8) is 0 Å². The van der Waals surface area contributed by atoms with Gasteiger partial charge in [0.2, 0.25) is 10.0 Å². The van der Waals surface area contributed by atoms with Crippen LogP contribution in [-0.2, 0) is 10.0 Å². The van der Waals surface area contributed by atoms with Gasteiger partial charge in [-0.05, 0) is 30.9 Å². The second-order valence-corrected chi connectivity index (χ2v) is 5.57. The lowest BCUT2D eigenvalue weighted by atomic mass is 10.4. The lowest BCUT2D eigenvalue weighted by Crippen LogP contribution is -2.18. The molecule has 0 aliphatic heterocycles. The van der Waals surface area contributed by atoms with Crippen molar-refractivity contribution in [2.24, 2.45) is 5.92 Å². The molecule has 1 fully saturated rings. The molecule has 2 rings (SSSR count). The number of hydrogen-bond donors (Lipinski definition) is 2. The molecule has 3 N–H and O–H groups in total. The molecule has 1 aliphatic rings. The Hall–Kier alpha value is -1.30. The van der Waals surface area contributed by atoms with Gasteiger partial charge in [0.25, 0.3) is 0 Å². The fraction of sp³-hybridized carbons (Fsp3) is 0.444. The van der Waals surface area contributed by atoms with Crippen LogP contribution in [0.1, 0.15) is 12.8 Å². The molecule has 82 valence electrons. The van der Waals surface area contributed by atoms with Crippen LogP contribution in [0.2, 0.25) is 0 Å². The minimum Gasteiger partial charge on any atom is -0.397 e. The smallest absolute Gasteiger partial charge is 0.234 e. The average Bonchev–Trinajstić information content (AvgIpc) is 2.91. The number of pyridine rings is 1. The molecule has 1 aromatic rings. The van der Waals surface area contributed by atoms with E-state index in [9.17, 15) is 8.42 Å². The number of hydrogen-bond acceptors (Lipinski definition) is 4. The minimum atomic E-state index is -3.24. The standard InChI is InChI=1S/C9H13N3O2S/c10-8-3-4-9(11-5-8)12-15(13,14)6-7-1-2-7/h3-5,7H,1-2,6,10H2,(H,11,12).